The van der Waals surface area contributed by atoms with Gasteiger partial charge in [-0.25, -0.2) is 0 Å². The number of oxime groups is 1. The summed E-state index contributed by atoms with van der Waals surface area (Å²) in [6, 6.07) is 9.49. The third kappa shape index (κ3) is 3.59. The number of nitrogens with zero attached hydrogens (tertiary/aromatic N) is 1. The van der Waals surface area contributed by atoms with Crippen LogP contribution in [-0.2, 0) is 23.9 Å². The standard InChI is InChI=1S/C15H17NO5/c1-10(17)19-14(20-11(2)18)15(3)9-13(16-21-15)12-7-5-4-6-8-12/h4-8,14H,9H2,1-3H3. The molecule has 1 aromatic carbocycles. The Morgan fingerprint density at radius 3 is 2.29 bits per heavy atom. The molecule has 2 rings (SSSR count). The molecule has 1 atom stereocenters. The van der Waals surface area contributed by atoms with Crippen LogP contribution in [0.25, 0.3) is 0 Å². The Morgan fingerprint density at radius 2 is 1.76 bits per heavy atom. The van der Waals surface area contributed by atoms with Crippen LogP contribution >= 0.6 is 0 Å². The molecule has 0 saturated heterocycles. The van der Waals surface area contributed by atoms with Crippen molar-refractivity contribution < 1.29 is 23.9 Å². The van der Waals surface area contributed by atoms with Crippen molar-refractivity contribution in [3.8, 4) is 0 Å². The lowest BCUT2D eigenvalue weighted by molar-refractivity contribution is -0.231. The van der Waals surface area contributed by atoms with Crippen molar-refractivity contribution in [1.29, 1.82) is 0 Å². The molecule has 0 amide bonds. The largest absolute Gasteiger partial charge is 0.421 e. The monoisotopic (exact) mass is 291 g/mol. The van der Waals surface area contributed by atoms with Gasteiger partial charge in [0.15, 0.2) is 0 Å². The molecule has 6 heteroatoms. The SMILES string of the molecule is CC(=O)OC(OC(C)=O)C1(C)CC(c2ccccc2)=NO1. The summed E-state index contributed by atoms with van der Waals surface area (Å²) in [5, 5.41) is 4.03. The molecule has 0 aliphatic carbocycles. The molecule has 0 saturated carbocycles. The number of esters is 2. The lowest BCUT2D eigenvalue weighted by Crippen LogP contribution is -2.45. The molecule has 1 aromatic rings. The van der Waals surface area contributed by atoms with E-state index in [9.17, 15) is 9.59 Å². The quantitative estimate of drug-likeness (QED) is 0.626. The number of rotatable bonds is 4. The number of hydrogen-bond acceptors (Lipinski definition) is 6. The number of ether oxygens (including phenoxy) is 2. The van der Waals surface area contributed by atoms with Gasteiger partial charge in [-0.1, -0.05) is 35.5 Å². The van der Waals surface area contributed by atoms with Gasteiger partial charge >= 0.3 is 11.9 Å². The molecule has 1 aliphatic heterocycles. The second kappa shape index (κ2) is 5.95. The normalized spacial score (nSPS) is 20.7. The molecule has 0 aromatic heterocycles. The van der Waals surface area contributed by atoms with E-state index in [1.54, 1.807) is 6.92 Å². The van der Waals surface area contributed by atoms with E-state index >= 15 is 0 Å². The molecule has 0 N–H and O–H groups in total. The first kappa shape index (κ1) is 15.0. The first-order valence-corrected chi connectivity index (χ1v) is 6.55. The van der Waals surface area contributed by atoms with Gasteiger partial charge in [-0.15, -0.1) is 0 Å². The summed E-state index contributed by atoms with van der Waals surface area (Å²) in [5.74, 6) is -1.11. The summed E-state index contributed by atoms with van der Waals surface area (Å²) in [4.78, 5) is 27.8. The van der Waals surface area contributed by atoms with Crippen LogP contribution in [0, 0.1) is 0 Å². The first-order valence-electron chi connectivity index (χ1n) is 6.55. The second-order valence-electron chi connectivity index (χ2n) is 5.04. The third-order valence-electron chi connectivity index (χ3n) is 3.03. The molecular formula is C15H17NO5. The second-order valence-corrected chi connectivity index (χ2v) is 5.04. The van der Waals surface area contributed by atoms with E-state index in [1.165, 1.54) is 13.8 Å². The molecule has 1 heterocycles. The Balaban J connectivity index is 2.15. The minimum Gasteiger partial charge on any atom is -0.421 e. The van der Waals surface area contributed by atoms with Gasteiger partial charge in [-0.3, -0.25) is 9.59 Å². The summed E-state index contributed by atoms with van der Waals surface area (Å²) in [6.07, 6.45) is -0.778. The highest BCUT2D eigenvalue weighted by atomic mass is 16.8. The summed E-state index contributed by atoms with van der Waals surface area (Å²) in [7, 11) is 0. The highest BCUT2D eigenvalue weighted by molar-refractivity contribution is 6.01. The summed E-state index contributed by atoms with van der Waals surface area (Å²) < 4.78 is 10.1. The van der Waals surface area contributed by atoms with Crippen LogP contribution in [0.3, 0.4) is 0 Å². The van der Waals surface area contributed by atoms with Gasteiger partial charge in [0.1, 0.15) is 0 Å². The predicted molar refractivity (Wildman–Crippen MR) is 74.4 cm³/mol. The lowest BCUT2D eigenvalue weighted by atomic mass is 9.95. The molecule has 0 radical (unpaired) electrons. The Kier molecular flexibility index (Phi) is 4.26. The van der Waals surface area contributed by atoms with Crippen molar-refractivity contribution in [3.63, 3.8) is 0 Å². The van der Waals surface area contributed by atoms with Crippen LogP contribution in [0.5, 0.6) is 0 Å². The van der Waals surface area contributed by atoms with E-state index in [0.29, 0.717) is 12.1 Å². The summed E-state index contributed by atoms with van der Waals surface area (Å²) >= 11 is 0. The molecule has 6 nitrogen and oxygen atoms in total. The van der Waals surface area contributed by atoms with Gasteiger partial charge < -0.3 is 14.3 Å². The first-order chi connectivity index (χ1) is 9.90. The smallest absolute Gasteiger partial charge is 0.305 e. The minimum absolute atomic E-state index is 0.363. The molecule has 1 unspecified atom stereocenters. The molecule has 112 valence electrons. The maximum Gasteiger partial charge on any atom is 0.305 e. The minimum atomic E-state index is -1.14. The molecule has 0 spiro atoms. The molecule has 1 aliphatic rings. The van der Waals surface area contributed by atoms with Crippen LogP contribution in [0.1, 0.15) is 32.8 Å². The number of benzene rings is 1. The van der Waals surface area contributed by atoms with Crippen LogP contribution < -0.4 is 0 Å². The Bertz CT molecular complexity index is 553. The van der Waals surface area contributed by atoms with Crippen LogP contribution in [0.4, 0.5) is 0 Å². The molecule has 0 bridgehead atoms. The maximum absolute atomic E-state index is 11.2. The topological polar surface area (TPSA) is 74.2 Å². The van der Waals surface area contributed by atoms with Crippen LogP contribution in [0.2, 0.25) is 0 Å². The van der Waals surface area contributed by atoms with Crippen molar-refractivity contribution in [2.45, 2.75) is 39.1 Å². The van der Waals surface area contributed by atoms with Gasteiger partial charge in [0.25, 0.3) is 6.29 Å². The Morgan fingerprint density at radius 1 is 1.19 bits per heavy atom. The average Bonchev–Trinajstić information content (AvgIpc) is 2.82. The predicted octanol–water partition coefficient (Wildman–Crippen LogP) is 2.02. The van der Waals surface area contributed by atoms with Crippen molar-refractivity contribution >= 4 is 17.7 Å². The van der Waals surface area contributed by atoms with E-state index in [0.717, 1.165) is 5.56 Å². The van der Waals surface area contributed by atoms with E-state index in [4.69, 9.17) is 14.3 Å². The van der Waals surface area contributed by atoms with Gasteiger partial charge in [-0.2, -0.15) is 0 Å². The highest BCUT2D eigenvalue weighted by Crippen LogP contribution is 2.32. The zero-order valence-electron chi connectivity index (χ0n) is 12.2. The Labute approximate surface area is 122 Å². The fourth-order valence-electron chi connectivity index (χ4n) is 2.04. The van der Waals surface area contributed by atoms with E-state index in [-0.39, 0.29) is 0 Å². The number of carbonyl (C=O) groups is 2. The van der Waals surface area contributed by atoms with Gasteiger partial charge in [0, 0.05) is 20.3 Å². The van der Waals surface area contributed by atoms with E-state index in [1.807, 2.05) is 30.3 Å². The van der Waals surface area contributed by atoms with Crippen molar-refractivity contribution in [2.24, 2.45) is 5.16 Å². The molecular weight excluding hydrogens is 274 g/mol. The van der Waals surface area contributed by atoms with Crippen LogP contribution in [0.15, 0.2) is 35.5 Å². The average molecular weight is 291 g/mol. The third-order valence-corrected chi connectivity index (χ3v) is 3.03. The fraction of sp³-hybridized carbons (Fsp3) is 0.400. The fourth-order valence-corrected chi connectivity index (χ4v) is 2.04. The highest BCUT2D eigenvalue weighted by Gasteiger charge is 2.47. The maximum atomic E-state index is 11.2. The van der Waals surface area contributed by atoms with Gasteiger partial charge in [0.05, 0.1) is 5.71 Å². The number of carbonyl (C=O) groups excluding carboxylic acids is 2. The van der Waals surface area contributed by atoms with Crippen molar-refractivity contribution in [1.82, 2.24) is 0 Å². The zero-order valence-corrected chi connectivity index (χ0v) is 12.2. The van der Waals surface area contributed by atoms with E-state index < -0.39 is 23.8 Å². The summed E-state index contributed by atoms with van der Waals surface area (Å²) in [5.41, 5.74) is 0.579. The van der Waals surface area contributed by atoms with Crippen molar-refractivity contribution in [3.05, 3.63) is 35.9 Å². The van der Waals surface area contributed by atoms with Gasteiger partial charge in [0.2, 0.25) is 5.60 Å². The Hall–Kier alpha value is -2.37. The summed E-state index contributed by atoms with van der Waals surface area (Å²) in [6.45, 7) is 4.17. The van der Waals surface area contributed by atoms with E-state index in [2.05, 4.69) is 5.16 Å². The molecule has 0 fully saturated rings. The lowest BCUT2D eigenvalue weighted by Gasteiger charge is -2.29. The number of hydrogen-bond donors (Lipinski definition) is 0. The van der Waals surface area contributed by atoms with Crippen molar-refractivity contribution in [2.75, 3.05) is 0 Å². The zero-order chi connectivity index (χ0) is 15.5. The van der Waals surface area contributed by atoms with Gasteiger partial charge in [-0.05, 0) is 12.5 Å². The van der Waals surface area contributed by atoms with Crippen LogP contribution in [-0.4, -0.2) is 29.5 Å². The molecule has 21 heavy (non-hydrogen) atoms.